The molecule has 1 aliphatic heterocycles. The minimum atomic E-state index is -1.03. The van der Waals surface area contributed by atoms with Gasteiger partial charge >= 0.3 is 5.97 Å². The number of hydrogen-bond donors (Lipinski definition) is 2. The summed E-state index contributed by atoms with van der Waals surface area (Å²) in [6.45, 7) is -0.320. The number of nitrogens with zero attached hydrogens (tertiary/aromatic N) is 1. The Morgan fingerprint density at radius 3 is 2.72 bits per heavy atom. The highest BCUT2D eigenvalue weighted by Gasteiger charge is 2.35. The molecule has 1 aromatic carbocycles. The minimum Gasteiger partial charge on any atom is -0.480 e. The van der Waals surface area contributed by atoms with Crippen LogP contribution < -0.4 is 5.73 Å². The average Bonchev–Trinajstić information content (AvgIpc) is 2.36. The van der Waals surface area contributed by atoms with E-state index in [0.29, 0.717) is 5.75 Å². The average molecular weight is 266 g/mol. The zero-order chi connectivity index (χ0) is 13.1. The van der Waals surface area contributed by atoms with Gasteiger partial charge in [-0.3, -0.25) is 9.59 Å². The summed E-state index contributed by atoms with van der Waals surface area (Å²) in [4.78, 5) is 24.2. The number of aliphatic carboxylic acids is 1. The van der Waals surface area contributed by atoms with E-state index in [4.69, 9.17) is 10.8 Å². The van der Waals surface area contributed by atoms with Gasteiger partial charge in [0, 0.05) is 5.75 Å². The van der Waals surface area contributed by atoms with Crippen LogP contribution in [0.4, 0.5) is 0 Å². The highest BCUT2D eigenvalue weighted by atomic mass is 32.2. The highest BCUT2D eigenvalue weighted by Crippen LogP contribution is 2.36. The zero-order valence-corrected chi connectivity index (χ0v) is 10.5. The van der Waals surface area contributed by atoms with Gasteiger partial charge in [-0.2, -0.15) is 0 Å². The Bertz CT molecular complexity index is 452. The molecule has 5 nitrogen and oxygen atoms in total. The molecular weight excluding hydrogens is 252 g/mol. The van der Waals surface area contributed by atoms with Crippen LogP contribution in [-0.4, -0.2) is 40.2 Å². The minimum absolute atomic E-state index is 0.269. The predicted molar refractivity (Wildman–Crippen MR) is 69.0 cm³/mol. The molecule has 6 heteroatoms. The second-order valence-corrected chi connectivity index (χ2v) is 5.18. The van der Waals surface area contributed by atoms with Gasteiger partial charge in [0.15, 0.2) is 0 Å². The molecule has 1 aliphatic rings. The Morgan fingerprint density at radius 2 is 2.11 bits per heavy atom. The maximum absolute atomic E-state index is 12.0. The van der Waals surface area contributed by atoms with Crippen LogP contribution in [0.25, 0.3) is 0 Å². The lowest BCUT2D eigenvalue weighted by Gasteiger charge is -2.36. The van der Waals surface area contributed by atoms with E-state index >= 15 is 0 Å². The first-order valence-electron chi connectivity index (χ1n) is 5.54. The summed E-state index contributed by atoms with van der Waals surface area (Å²) in [5.74, 6) is -0.821. The van der Waals surface area contributed by atoms with E-state index in [1.165, 1.54) is 16.7 Å². The third-order valence-corrected chi connectivity index (χ3v) is 4.10. The van der Waals surface area contributed by atoms with Crippen LogP contribution in [0.2, 0.25) is 0 Å². The third-order valence-electron chi connectivity index (χ3n) is 2.71. The molecule has 1 aromatic rings. The van der Waals surface area contributed by atoms with Crippen molar-refractivity contribution in [3.63, 3.8) is 0 Å². The Kier molecular flexibility index (Phi) is 3.88. The SMILES string of the molecule is NC1CS[C@H](c2ccccc2)N(CC(=O)O)C1=O. The second kappa shape index (κ2) is 5.41. The number of amides is 1. The van der Waals surface area contributed by atoms with Crippen molar-refractivity contribution < 1.29 is 14.7 Å². The van der Waals surface area contributed by atoms with Gasteiger partial charge in [0.2, 0.25) is 5.91 Å². The maximum Gasteiger partial charge on any atom is 0.323 e. The van der Waals surface area contributed by atoms with Gasteiger partial charge in [-0.1, -0.05) is 30.3 Å². The van der Waals surface area contributed by atoms with Crippen molar-refractivity contribution in [2.75, 3.05) is 12.3 Å². The quantitative estimate of drug-likeness (QED) is 0.840. The molecule has 1 unspecified atom stereocenters. The molecule has 0 radical (unpaired) electrons. The van der Waals surface area contributed by atoms with Crippen LogP contribution in [0, 0.1) is 0 Å². The number of rotatable bonds is 3. The molecule has 0 spiro atoms. The third kappa shape index (κ3) is 2.65. The van der Waals surface area contributed by atoms with E-state index in [9.17, 15) is 9.59 Å². The summed E-state index contributed by atoms with van der Waals surface area (Å²) >= 11 is 1.49. The van der Waals surface area contributed by atoms with Crippen molar-refractivity contribution in [2.45, 2.75) is 11.4 Å². The molecule has 0 aromatic heterocycles. The van der Waals surface area contributed by atoms with Crippen molar-refractivity contribution in [3.8, 4) is 0 Å². The predicted octanol–water partition coefficient (Wildman–Crippen LogP) is 0.672. The fraction of sp³-hybridized carbons (Fsp3) is 0.333. The van der Waals surface area contributed by atoms with E-state index in [-0.39, 0.29) is 17.8 Å². The number of carbonyl (C=O) groups excluding carboxylic acids is 1. The molecule has 3 N–H and O–H groups in total. The van der Waals surface area contributed by atoms with Gasteiger partial charge in [0.05, 0.1) is 6.04 Å². The van der Waals surface area contributed by atoms with E-state index in [0.717, 1.165) is 5.56 Å². The molecule has 1 fully saturated rings. The highest BCUT2D eigenvalue weighted by molar-refractivity contribution is 7.99. The molecular formula is C12H14N2O3S. The first kappa shape index (κ1) is 12.9. The van der Waals surface area contributed by atoms with Crippen LogP contribution in [0.3, 0.4) is 0 Å². The van der Waals surface area contributed by atoms with E-state index in [1.807, 2.05) is 30.3 Å². The van der Waals surface area contributed by atoms with Crippen LogP contribution >= 0.6 is 11.8 Å². The second-order valence-electron chi connectivity index (χ2n) is 4.06. The molecule has 0 bridgehead atoms. The number of nitrogens with two attached hydrogens (primary N) is 1. The topological polar surface area (TPSA) is 83.6 Å². The molecule has 0 saturated carbocycles. The van der Waals surface area contributed by atoms with Gasteiger partial charge in [0.1, 0.15) is 11.9 Å². The Morgan fingerprint density at radius 1 is 1.44 bits per heavy atom. The van der Waals surface area contributed by atoms with Crippen molar-refractivity contribution in [3.05, 3.63) is 35.9 Å². The monoisotopic (exact) mass is 266 g/mol. The van der Waals surface area contributed by atoms with Crippen molar-refractivity contribution >= 4 is 23.6 Å². The van der Waals surface area contributed by atoms with Gasteiger partial charge in [0.25, 0.3) is 0 Å². The lowest BCUT2D eigenvalue weighted by atomic mass is 10.2. The fourth-order valence-electron chi connectivity index (χ4n) is 1.89. The van der Waals surface area contributed by atoms with Crippen LogP contribution in [0.1, 0.15) is 10.9 Å². The van der Waals surface area contributed by atoms with Crippen LogP contribution in [-0.2, 0) is 9.59 Å². The van der Waals surface area contributed by atoms with Gasteiger partial charge in [-0.05, 0) is 5.56 Å². The normalized spacial score (nSPS) is 24.1. The molecule has 1 heterocycles. The number of benzene rings is 1. The summed E-state index contributed by atoms with van der Waals surface area (Å²) in [6.07, 6.45) is 0. The first-order chi connectivity index (χ1) is 8.59. The summed E-state index contributed by atoms with van der Waals surface area (Å²) in [6, 6.07) is 8.77. The summed E-state index contributed by atoms with van der Waals surface area (Å²) in [7, 11) is 0. The first-order valence-corrected chi connectivity index (χ1v) is 6.59. The van der Waals surface area contributed by atoms with Crippen molar-refractivity contribution in [2.24, 2.45) is 5.73 Å². The Balaban J connectivity index is 2.27. The lowest BCUT2D eigenvalue weighted by Crippen LogP contribution is -2.51. The summed E-state index contributed by atoms with van der Waals surface area (Å²) < 4.78 is 0. The molecule has 1 amide bonds. The molecule has 18 heavy (non-hydrogen) atoms. The Hall–Kier alpha value is -1.53. The van der Waals surface area contributed by atoms with E-state index in [2.05, 4.69) is 0 Å². The maximum atomic E-state index is 12.0. The molecule has 2 rings (SSSR count). The summed E-state index contributed by atoms with van der Waals surface area (Å²) in [5, 5.41) is 8.62. The number of thioether (sulfide) groups is 1. The van der Waals surface area contributed by atoms with E-state index in [1.54, 1.807) is 0 Å². The molecule has 0 aliphatic carbocycles. The molecule has 1 saturated heterocycles. The fourth-order valence-corrected chi connectivity index (χ4v) is 3.13. The van der Waals surface area contributed by atoms with E-state index < -0.39 is 12.0 Å². The van der Waals surface area contributed by atoms with Gasteiger partial charge in [-0.15, -0.1) is 11.8 Å². The van der Waals surface area contributed by atoms with Gasteiger partial charge in [-0.25, -0.2) is 0 Å². The number of hydrogen-bond acceptors (Lipinski definition) is 4. The largest absolute Gasteiger partial charge is 0.480 e. The Labute approximate surface area is 109 Å². The number of carbonyl (C=O) groups is 2. The number of carboxylic acids is 1. The standard InChI is InChI=1S/C12H14N2O3S/c13-9-7-18-12(8-4-2-1-3-5-8)14(11(9)17)6-10(15)16/h1-5,9,12H,6-7,13H2,(H,15,16)/t9?,12-/m1/s1. The van der Waals surface area contributed by atoms with Crippen LogP contribution in [0.5, 0.6) is 0 Å². The smallest absolute Gasteiger partial charge is 0.323 e. The molecule has 2 atom stereocenters. The lowest BCUT2D eigenvalue weighted by molar-refractivity contribution is -0.145. The van der Waals surface area contributed by atoms with Crippen LogP contribution in [0.15, 0.2) is 30.3 Å². The zero-order valence-electron chi connectivity index (χ0n) is 9.65. The number of carboxylic acid groups (broad SMARTS) is 1. The molecule has 96 valence electrons. The van der Waals surface area contributed by atoms with Gasteiger partial charge < -0.3 is 15.7 Å². The van der Waals surface area contributed by atoms with Crippen molar-refractivity contribution in [1.82, 2.24) is 4.90 Å². The summed E-state index contributed by atoms with van der Waals surface area (Å²) in [5.41, 5.74) is 6.60. The van der Waals surface area contributed by atoms with Crippen molar-refractivity contribution in [1.29, 1.82) is 0 Å².